The van der Waals surface area contributed by atoms with Gasteiger partial charge >= 0.3 is 6.03 Å². The van der Waals surface area contributed by atoms with E-state index in [1.807, 2.05) is 34.9 Å². The lowest BCUT2D eigenvalue weighted by atomic mass is 9.95. The Kier molecular flexibility index (Phi) is 5.86. The van der Waals surface area contributed by atoms with E-state index in [1.54, 1.807) is 6.92 Å². The average Bonchev–Trinajstić information content (AvgIpc) is 3.18. The van der Waals surface area contributed by atoms with Crippen molar-refractivity contribution in [3.05, 3.63) is 30.3 Å². The summed E-state index contributed by atoms with van der Waals surface area (Å²) in [6.45, 7) is 3.32. The maximum atomic E-state index is 12.4. The molecule has 0 unspecified atom stereocenters. The number of carbonyl (C=O) groups excluding carboxylic acids is 3. The quantitative estimate of drug-likeness (QED) is 0.567. The number of carbonyl (C=O) groups is 3. The Bertz CT molecular complexity index is 682. The summed E-state index contributed by atoms with van der Waals surface area (Å²) in [7, 11) is 0. The Morgan fingerprint density at radius 2 is 2.08 bits per heavy atom. The summed E-state index contributed by atoms with van der Waals surface area (Å²) in [5, 5.41) is 4.88. The molecule has 3 rings (SSSR count). The molecule has 7 heteroatoms. The van der Waals surface area contributed by atoms with Crippen molar-refractivity contribution in [3.63, 3.8) is 0 Å². The van der Waals surface area contributed by atoms with Gasteiger partial charge in [-0.2, -0.15) is 0 Å². The summed E-state index contributed by atoms with van der Waals surface area (Å²) < 4.78 is 0. The Hall–Kier alpha value is -2.02. The SMILES string of the molecule is C[C@@]1(CCCC(=O)N2CC[C@H](CSc3ccccc3)C2)NC(=O)NC1=O. The van der Waals surface area contributed by atoms with Crippen molar-refractivity contribution in [1.29, 1.82) is 0 Å². The largest absolute Gasteiger partial charge is 0.342 e. The summed E-state index contributed by atoms with van der Waals surface area (Å²) >= 11 is 1.84. The molecule has 0 aliphatic carbocycles. The summed E-state index contributed by atoms with van der Waals surface area (Å²) in [4.78, 5) is 38.7. The molecular formula is C19H25N3O3S. The second-order valence-electron chi connectivity index (χ2n) is 7.21. The van der Waals surface area contributed by atoms with E-state index in [2.05, 4.69) is 22.8 Å². The van der Waals surface area contributed by atoms with Gasteiger partial charge in [0.05, 0.1) is 0 Å². The second kappa shape index (κ2) is 8.12. The minimum absolute atomic E-state index is 0.144. The summed E-state index contributed by atoms with van der Waals surface area (Å²) in [5.74, 6) is 1.39. The van der Waals surface area contributed by atoms with Crippen molar-refractivity contribution in [2.45, 2.75) is 43.0 Å². The van der Waals surface area contributed by atoms with Gasteiger partial charge in [0.1, 0.15) is 5.54 Å². The third-order valence-corrected chi connectivity index (χ3v) is 6.30. The summed E-state index contributed by atoms with van der Waals surface area (Å²) in [6, 6.07) is 9.87. The van der Waals surface area contributed by atoms with Crippen LogP contribution in [-0.4, -0.2) is 47.1 Å². The van der Waals surface area contributed by atoms with E-state index in [-0.39, 0.29) is 11.8 Å². The predicted octanol–water partition coefficient (Wildman–Crippen LogP) is 2.40. The van der Waals surface area contributed by atoms with E-state index in [9.17, 15) is 14.4 Å². The molecule has 140 valence electrons. The fourth-order valence-electron chi connectivity index (χ4n) is 3.43. The molecule has 1 aromatic carbocycles. The highest BCUT2D eigenvalue weighted by Gasteiger charge is 2.41. The van der Waals surface area contributed by atoms with Crippen LogP contribution < -0.4 is 10.6 Å². The van der Waals surface area contributed by atoms with E-state index in [0.717, 1.165) is 25.3 Å². The molecule has 6 nitrogen and oxygen atoms in total. The number of amides is 4. The van der Waals surface area contributed by atoms with E-state index in [1.165, 1.54) is 4.90 Å². The van der Waals surface area contributed by atoms with Crippen molar-refractivity contribution >= 4 is 29.6 Å². The summed E-state index contributed by atoms with van der Waals surface area (Å²) in [6.07, 6.45) is 2.51. The fraction of sp³-hybridized carbons (Fsp3) is 0.526. The second-order valence-corrected chi connectivity index (χ2v) is 8.31. The van der Waals surface area contributed by atoms with Crippen LogP contribution in [0.5, 0.6) is 0 Å². The van der Waals surface area contributed by atoms with Crippen LogP contribution in [0.4, 0.5) is 4.79 Å². The van der Waals surface area contributed by atoms with Gasteiger partial charge in [-0.3, -0.25) is 14.9 Å². The van der Waals surface area contributed by atoms with Crippen LogP contribution in [0.2, 0.25) is 0 Å². The minimum Gasteiger partial charge on any atom is -0.342 e. The molecule has 2 aliphatic heterocycles. The van der Waals surface area contributed by atoms with E-state index in [4.69, 9.17) is 0 Å². The number of urea groups is 1. The number of hydrogen-bond acceptors (Lipinski definition) is 4. The minimum atomic E-state index is -0.892. The smallest absolute Gasteiger partial charge is 0.322 e. The Balaban J connectivity index is 1.38. The number of hydrogen-bond donors (Lipinski definition) is 2. The van der Waals surface area contributed by atoms with Gasteiger partial charge in [-0.1, -0.05) is 18.2 Å². The first-order chi connectivity index (χ1) is 12.5. The predicted molar refractivity (Wildman–Crippen MR) is 101 cm³/mol. The molecule has 0 radical (unpaired) electrons. The van der Waals surface area contributed by atoms with Gasteiger partial charge in [0, 0.05) is 30.2 Å². The van der Waals surface area contributed by atoms with E-state index >= 15 is 0 Å². The monoisotopic (exact) mass is 375 g/mol. The molecule has 4 amide bonds. The van der Waals surface area contributed by atoms with Crippen LogP contribution in [0.25, 0.3) is 0 Å². The maximum absolute atomic E-state index is 12.4. The number of nitrogens with one attached hydrogen (secondary N) is 2. The average molecular weight is 375 g/mol. The number of likely N-dealkylation sites (tertiary alicyclic amines) is 1. The van der Waals surface area contributed by atoms with Crippen LogP contribution >= 0.6 is 11.8 Å². The highest BCUT2D eigenvalue weighted by Crippen LogP contribution is 2.26. The third-order valence-electron chi connectivity index (χ3n) is 5.05. The zero-order valence-electron chi connectivity index (χ0n) is 15.0. The Morgan fingerprint density at radius 1 is 1.31 bits per heavy atom. The van der Waals surface area contributed by atoms with Crippen molar-refractivity contribution in [2.75, 3.05) is 18.8 Å². The topological polar surface area (TPSA) is 78.5 Å². The molecule has 2 aliphatic rings. The molecule has 0 saturated carbocycles. The van der Waals surface area contributed by atoms with Gasteiger partial charge < -0.3 is 10.2 Å². The molecule has 2 N–H and O–H groups in total. The lowest BCUT2D eigenvalue weighted by Gasteiger charge is -2.21. The Morgan fingerprint density at radius 3 is 2.77 bits per heavy atom. The van der Waals surface area contributed by atoms with Gasteiger partial charge in [0.25, 0.3) is 5.91 Å². The number of benzene rings is 1. The van der Waals surface area contributed by atoms with E-state index < -0.39 is 11.6 Å². The van der Waals surface area contributed by atoms with Crippen LogP contribution in [0.15, 0.2) is 35.2 Å². The first-order valence-electron chi connectivity index (χ1n) is 9.05. The molecule has 0 aromatic heterocycles. The van der Waals surface area contributed by atoms with Crippen molar-refractivity contribution < 1.29 is 14.4 Å². The number of imide groups is 1. The first-order valence-corrected chi connectivity index (χ1v) is 10.0. The lowest BCUT2D eigenvalue weighted by Crippen LogP contribution is -2.43. The highest BCUT2D eigenvalue weighted by molar-refractivity contribution is 7.99. The Labute approximate surface area is 158 Å². The molecule has 1 aromatic rings. The van der Waals surface area contributed by atoms with Gasteiger partial charge in [-0.25, -0.2) is 4.79 Å². The lowest BCUT2D eigenvalue weighted by molar-refractivity contribution is -0.131. The van der Waals surface area contributed by atoms with Crippen molar-refractivity contribution in [1.82, 2.24) is 15.5 Å². The van der Waals surface area contributed by atoms with Gasteiger partial charge in [-0.15, -0.1) is 11.8 Å². The van der Waals surface area contributed by atoms with Crippen molar-refractivity contribution in [2.24, 2.45) is 5.92 Å². The molecule has 0 spiro atoms. The van der Waals surface area contributed by atoms with Gasteiger partial charge in [0.2, 0.25) is 5.91 Å². The zero-order valence-corrected chi connectivity index (χ0v) is 15.8. The van der Waals surface area contributed by atoms with Crippen LogP contribution in [0.3, 0.4) is 0 Å². The standard InChI is InChI=1S/C19H25N3O3S/c1-19(17(24)20-18(25)21-19)10-5-8-16(23)22-11-9-14(12-22)13-26-15-6-3-2-4-7-15/h2-4,6-7,14H,5,8-13H2,1H3,(H2,20,21,24,25)/t14-,19-/m0/s1. The normalized spacial score (nSPS) is 25.3. The molecule has 26 heavy (non-hydrogen) atoms. The number of rotatable bonds is 7. The molecule has 2 heterocycles. The van der Waals surface area contributed by atoms with E-state index in [0.29, 0.717) is 25.2 Å². The molecule has 2 saturated heterocycles. The zero-order chi connectivity index (χ0) is 18.6. The van der Waals surface area contributed by atoms with Gasteiger partial charge in [-0.05, 0) is 44.2 Å². The molecular weight excluding hydrogens is 350 g/mol. The van der Waals surface area contributed by atoms with Crippen LogP contribution in [0.1, 0.15) is 32.6 Å². The molecule has 0 bridgehead atoms. The van der Waals surface area contributed by atoms with Crippen LogP contribution in [0, 0.1) is 5.92 Å². The number of thioether (sulfide) groups is 1. The fourth-order valence-corrected chi connectivity index (χ4v) is 4.48. The first kappa shape index (κ1) is 18.8. The highest BCUT2D eigenvalue weighted by atomic mass is 32.2. The number of nitrogens with zero attached hydrogens (tertiary/aromatic N) is 1. The summed E-state index contributed by atoms with van der Waals surface area (Å²) in [5.41, 5.74) is -0.892. The van der Waals surface area contributed by atoms with Crippen LogP contribution in [-0.2, 0) is 9.59 Å². The molecule has 2 fully saturated rings. The maximum Gasteiger partial charge on any atom is 0.322 e. The third kappa shape index (κ3) is 4.58. The van der Waals surface area contributed by atoms with Crippen molar-refractivity contribution in [3.8, 4) is 0 Å². The molecule has 2 atom stereocenters. The van der Waals surface area contributed by atoms with Gasteiger partial charge in [0.15, 0.2) is 0 Å².